The first kappa shape index (κ1) is 13.2. The topological polar surface area (TPSA) is 20.2 Å². The van der Waals surface area contributed by atoms with Gasteiger partial charge in [0.05, 0.1) is 5.60 Å². The van der Waals surface area contributed by atoms with Crippen LogP contribution in [0.15, 0.2) is 18.2 Å². The van der Waals surface area contributed by atoms with E-state index in [-0.39, 0.29) is 11.2 Å². The van der Waals surface area contributed by atoms with Crippen molar-refractivity contribution in [2.24, 2.45) is 0 Å². The van der Waals surface area contributed by atoms with E-state index < -0.39 is 5.60 Å². The van der Waals surface area contributed by atoms with Crippen molar-refractivity contribution in [2.45, 2.75) is 52.1 Å². The monoisotopic (exact) mass is 224 g/mol. The van der Waals surface area contributed by atoms with Gasteiger partial charge in [-0.3, -0.25) is 0 Å². The van der Waals surface area contributed by atoms with Crippen molar-refractivity contribution in [1.82, 2.24) is 0 Å². The summed E-state index contributed by atoms with van der Waals surface area (Å²) in [7, 11) is 0. The largest absolute Gasteiger partial charge is 0.390 e. The molecule has 1 rings (SSSR count). The lowest BCUT2D eigenvalue weighted by molar-refractivity contribution is 0.0800. The average Bonchev–Trinajstić information content (AvgIpc) is 2.04. The van der Waals surface area contributed by atoms with Crippen molar-refractivity contribution >= 4 is 0 Å². The number of benzene rings is 1. The molecule has 0 fully saturated rings. The highest BCUT2D eigenvalue weighted by Crippen LogP contribution is 2.25. The molecule has 1 aromatic rings. The molecule has 1 nitrogen and oxygen atoms in total. The van der Waals surface area contributed by atoms with Gasteiger partial charge in [-0.2, -0.15) is 0 Å². The molecule has 0 aliphatic rings. The molecule has 0 aliphatic heterocycles. The maximum Gasteiger partial charge on any atom is 0.126 e. The Morgan fingerprint density at radius 2 is 1.69 bits per heavy atom. The minimum atomic E-state index is -0.871. The van der Waals surface area contributed by atoms with Crippen molar-refractivity contribution in [2.75, 3.05) is 0 Å². The summed E-state index contributed by atoms with van der Waals surface area (Å²) in [6.07, 6.45) is 0.337. The maximum absolute atomic E-state index is 13.8. The van der Waals surface area contributed by atoms with Crippen molar-refractivity contribution in [3.05, 3.63) is 35.1 Å². The van der Waals surface area contributed by atoms with Crippen LogP contribution in [0.2, 0.25) is 0 Å². The van der Waals surface area contributed by atoms with Crippen LogP contribution in [0.4, 0.5) is 4.39 Å². The molecule has 1 N–H and O–H groups in total. The van der Waals surface area contributed by atoms with Crippen LogP contribution in [0, 0.1) is 5.82 Å². The Kier molecular flexibility index (Phi) is 3.44. The van der Waals surface area contributed by atoms with Crippen molar-refractivity contribution in [3.63, 3.8) is 0 Å². The molecule has 0 heterocycles. The van der Waals surface area contributed by atoms with Crippen molar-refractivity contribution in [3.8, 4) is 0 Å². The Hall–Kier alpha value is -0.890. The zero-order chi connectivity index (χ0) is 12.6. The van der Waals surface area contributed by atoms with Gasteiger partial charge in [0, 0.05) is 6.42 Å². The summed E-state index contributed by atoms with van der Waals surface area (Å²) in [5, 5.41) is 9.66. The smallest absolute Gasteiger partial charge is 0.126 e. The lowest BCUT2D eigenvalue weighted by Crippen LogP contribution is -2.23. The van der Waals surface area contributed by atoms with Crippen LogP contribution >= 0.6 is 0 Å². The molecule has 0 saturated heterocycles. The highest BCUT2D eigenvalue weighted by atomic mass is 19.1. The third-order valence-electron chi connectivity index (χ3n) is 2.54. The van der Waals surface area contributed by atoms with Gasteiger partial charge in [0.25, 0.3) is 0 Å². The average molecular weight is 224 g/mol. The molecular weight excluding hydrogens is 203 g/mol. The first-order valence-electron chi connectivity index (χ1n) is 5.61. The van der Waals surface area contributed by atoms with E-state index in [0.717, 1.165) is 5.56 Å². The second-order valence-corrected chi connectivity index (χ2v) is 6.05. The van der Waals surface area contributed by atoms with Crippen LogP contribution in [-0.2, 0) is 11.8 Å². The highest BCUT2D eigenvalue weighted by Gasteiger charge is 2.19. The molecular formula is C14H21FO. The van der Waals surface area contributed by atoms with E-state index in [2.05, 4.69) is 20.8 Å². The van der Waals surface area contributed by atoms with Crippen LogP contribution in [0.3, 0.4) is 0 Å². The summed E-state index contributed by atoms with van der Waals surface area (Å²) in [4.78, 5) is 0. The lowest BCUT2D eigenvalue weighted by Gasteiger charge is -2.21. The first-order chi connectivity index (χ1) is 7.09. The van der Waals surface area contributed by atoms with Crippen LogP contribution in [0.25, 0.3) is 0 Å². The molecule has 0 bridgehead atoms. The van der Waals surface area contributed by atoms with Gasteiger partial charge in [-0.15, -0.1) is 0 Å². The Morgan fingerprint density at radius 3 is 2.06 bits per heavy atom. The first-order valence-corrected chi connectivity index (χ1v) is 5.61. The number of hydrogen-bond donors (Lipinski definition) is 1. The van der Waals surface area contributed by atoms with Gasteiger partial charge in [-0.05, 0) is 36.5 Å². The van der Waals surface area contributed by atoms with Gasteiger partial charge < -0.3 is 5.11 Å². The number of hydrogen-bond acceptors (Lipinski definition) is 1. The minimum Gasteiger partial charge on any atom is -0.390 e. The molecule has 0 spiro atoms. The molecule has 0 saturated carbocycles. The van der Waals surface area contributed by atoms with E-state index in [1.165, 1.54) is 0 Å². The number of aliphatic hydroxyl groups is 1. The number of rotatable bonds is 2. The maximum atomic E-state index is 13.8. The quantitative estimate of drug-likeness (QED) is 0.816. The number of halogens is 1. The molecule has 0 aromatic heterocycles. The third-order valence-corrected chi connectivity index (χ3v) is 2.54. The molecule has 2 heteroatoms. The molecule has 90 valence electrons. The second kappa shape index (κ2) is 4.17. The summed E-state index contributed by atoms with van der Waals surface area (Å²) in [5.74, 6) is -0.227. The Morgan fingerprint density at radius 1 is 1.12 bits per heavy atom. The summed E-state index contributed by atoms with van der Waals surface area (Å²) in [5.41, 5.74) is 0.628. The third kappa shape index (κ3) is 3.60. The van der Waals surface area contributed by atoms with Gasteiger partial charge in [0.1, 0.15) is 5.82 Å². The van der Waals surface area contributed by atoms with Gasteiger partial charge in [-0.1, -0.05) is 32.9 Å². The van der Waals surface area contributed by atoms with Gasteiger partial charge in [0.15, 0.2) is 0 Å². The summed E-state index contributed by atoms with van der Waals surface area (Å²) in [6, 6.07) is 5.28. The lowest BCUT2D eigenvalue weighted by atomic mass is 9.85. The van der Waals surface area contributed by atoms with Crippen molar-refractivity contribution < 1.29 is 9.50 Å². The predicted octanol–water partition coefficient (Wildman–Crippen LogP) is 3.44. The van der Waals surface area contributed by atoms with Gasteiger partial charge in [-0.25, -0.2) is 4.39 Å². The molecule has 0 aliphatic carbocycles. The standard InChI is InChI=1S/C14H21FO/c1-13(2,3)11-7-6-10(12(15)8-11)9-14(4,5)16/h6-8,16H,9H2,1-5H3. The summed E-state index contributed by atoms with van der Waals surface area (Å²) < 4.78 is 13.8. The fourth-order valence-corrected chi connectivity index (χ4v) is 1.62. The van der Waals surface area contributed by atoms with E-state index in [1.807, 2.05) is 6.07 Å². The van der Waals surface area contributed by atoms with Crippen LogP contribution < -0.4 is 0 Å². The van der Waals surface area contributed by atoms with Gasteiger partial charge in [0.2, 0.25) is 0 Å². The summed E-state index contributed by atoms with van der Waals surface area (Å²) >= 11 is 0. The molecule has 1 aromatic carbocycles. The normalized spacial score (nSPS) is 12.9. The molecule has 0 amide bonds. The Labute approximate surface area is 97.3 Å². The van der Waals surface area contributed by atoms with E-state index in [1.54, 1.807) is 26.0 Å². The fraction of sp³-hybridized carbons (Fsp3) is 0.571. The Bertz CT molecular complexity index is 369. The van der Waals surface area contributed by atoms with Crippen molar-refractivity contribution in [1.29, 1.82) is 0 Å². The van der Waals surface area contributed by atoms with E-state index >= 15 is 0 Å². The van der Waals surface area contributed by atoms with E-state index in [4.69, 9.17) is 0 Å². The zero-order valence-electron chi connectivity index (χ0n) is 10.8. The molecule has 16 heavy (non-hydrogen) atoms. The van der Waals surface area contributed by atoms with Crippen LogP contribution in [0.1, 0.15) is 45.7 Å². The van der Waals surface area contributed by atoms with Gasteiger partial charge >= 0.3 is 0 Å². The predicted molar refractivity (Wildman–Crippen MR) is 65.1 cm³/mol. The van der Waals surface area contributed by atoms with E-state index in [9.17, 15) is 9.50 Å². The Balaban J connectivity index is 3.01. The van der Waals surface area contributed by atoms with Crippen LogP contribution in [-0.4, -0.2) is 10.7 Å². The SMILES string of the molecule is CC(C)(O)Cc1ccc(C(C)(C)C)cc1F. The molecule has 0 unspecified atom stereocenters. The highest BCUT2D eigenvalue weighted by molar-refractivity contribution is 5.29. The zero-order valence-corrected chi connectivity index (χ0v) is 10.8. The second-order valence-electron chi connectivity index (χ2n) is 6.05. The molecule has 0 radical (unpaired) electrons. The fourth-order valence-electron chi connectivity index (χ4n) is 1.62. The summed E-state index contributed by atoms with van der Waals surface area (Å²) in [6.45, 7) is 9.53. The van der Waals surface area contributed by atoms with Crippen LogP contribution in [0.5, 0.6) is 0 Å². The van der Waals surface area contributed by atoms with E-state index in [0.29, 0.717) is 12.0 Å². The minimum absolute atomic E-state index is 0.0475. The molecule has 0 atom stereocenters.